The highest BCUT2D eigenvalue weighted by molar-refractivity contribution is 5.92. The van der Waals surface area contributed by atoms with Gasteiger partial charge in [0.15, 0.2) is 5.69 Å². The zero-order chi connectivity index (χ0) is 18.6. The van der Waals surface area contributed by atoms with E-state index < -0.39 is 0 Å². The molecule has 0 aliphatic carbocycles. The molecule has 6 nitrogen and oxygen atoms in total. The SMILES string of the molecule is CN1CCN(C(=O)c2cn(Cc3ccccc3)nn2)[C@@H](c2ccccc2)C1. The van der Waals surface area contributed by atoms with Gasteiger partial charge in [-0.3, -0.25) is 4.79 Å². The van der Waals surface area contributed by atoms with Gasteiger partial charge < -0.3 is 9.80 Å². The van der Waals surface area contributed by atoms with Crippen LogP contribution in [0.4, 0.5) is 0 Å². The van der Waals surface area contributed by atoms with E-state index in [2.05, 4.69) is 34.4 Å². The number of hydrogen-bond donors (Lipinski definition) is 0. The van der Waals surface area contributed by atoms with Crippen LogP contribution in [-0.4, -0.2) is 57.4 Å². The first-order valence-electron chi connectivity index (χ1n) is 9.19. The smallest absolute Gasteiger partial charge is 0.276 e. The van der Waals surface area contributed by atoms with E-state index in [0.717, 1.165) is 24.2 Å². The lowest BCUT2D eigenvalue weighted by Gasteiger charge is -2.40. The molecule has 0 N–H and O–H groups in total. The van der Waals surface area contributed by atoms with Crippen molar-refractivity contribution in [2.75, 3.05) is 26.7 Å². The van der Waals surface area contributed by atoms with Crippen LogP contribution < -0.4 is 0 Å². The summed E-state index contributed by atoms with van der Waals surface area (Å²) >= 11 is 0. The summed E-state index contributed by atoms with van der Waals surface area (Å²) in [6, 6.07) is 20.3. The van der Waals surface area contributed by atoms with Crippen LogP contribution in [0.25, 0.3) is 0 Å². The Morgan fingerprint density at radius 1 is 1.04 bits per heavy atom. The Hall–Kier alpha value is -2.99. The molecule has 27 heavy (non-hydrogen) atoms. The Bertz CT molecular complexity index is 893. The maximum Gasteiger partial charge on any atom is 0.276 e. The summed E-state index contributed by atoms with van der Waals surface area (Å²) in [6.07, 6.45) is 1.75. The van der Waals surface area contributed by atoms with E-state index in [9.17, 15) is 4.79 Å². The zero-order valence-electron chi connectivity index (χ0n) is 15.4. The Morgan fingerprint density at radius 2 is 1.74 bits per heavy atom. The van der Waals surface area contributed by atoms with Gasteiger partial charge in [-0.05, 0) is 18.2 Å². The molecule has 1 saturated heterocycles. The molecule has 1 aromatic heterocycles. The molecule has 2 aromatic carbocycles. The standard InChI is InChI=1S/C21H23N5O/c1-24-12-13-26(20(16-24)18-10-6-3-7-11-18)21(27)19-15-25(23-22-19)14-17-8-4-2-5-9-17/h2-11,15,20H,12-14,16H2,1H3/t20-/m1/s1. The van der Waals surface area contributed by atoms with E-state index >= 15 is 0 Å². The van der Waals surface area contributed by atoms with E-state index in [1.165, 1.54) is 0 Å². The van der Waals surface area contributed by atoms with E-state index in [4.69, 9.17) is 0 Å². The van der Waals surface area contributed by atoms with Crippen molar-refractivity contribution in [1.82, 2.24) is 24.8 Å². The summed E-state index contributed by atoms with van der Waals surface area (Å²) in [5.74, 6) is -0.0590. The first-order chi connectivity index (χ1) is 13.2. The van der Waals surface area contributed by atoms with E-state index in [1.807, 2.05) is 53.4 Å². The zero-order valence-corrected chi connectivity index (χ0v) is 15.4. The van der Waals surface area contributed by atoms with Crippen LogP contribution in [0.5, 0.6) is 0 Å². The van der Waals surface area contributed by atoms with Crippen LogP contribution in [-0.2, 0) is 6.54 Å². The molecule has 4 rings (SSSR count). The molecule has 6 heteroatoms. The van der Waals surface area contributed by atoms with Gasteiger partial charge in [-0.25, -0.2) is 4.68 Å². The third-order valence-corrected chi connectivity index (χ3v) is 4.97. The van der Waals surface area contributed by atoms with Crippen molar-refractivity contribution in [2.45, 2.75) is 12.6 Å². The van der Waals surface area contributed by atoms with Crippen LogP contribution in [0, 0.1) is 0 Å². The molecule has 0 saturated carbocycles. The van der Waals surface area contributed by atoms with Crippen molar-refractivity contribution in [3.8, 4) is 0 Å². The van der Waals surface area contributed by atoms with Crippen molar-refractivity contribution in [1.29, 1.82) is 0 Å². The summed E-state index contributed by atoms with van der Waals surface area (Å²) in [5, 5.41) is 8.29. The fourth-order valence-electron chi connectivity index (χ4n) is 3.51. The molecule has 0 spiro atoms. The molecule has 1 fully saturated rings. The monoisotopic (exact) mass is 361 g/mol. The second-order valence-electron chi connectivity index (χ2n) is 6.97. The highest BCUT2D eigenvalue weighted by Gasteiger charge is 2.32. The minimum absolute atomic E-state index is 0.0247. The van der Waals surface area contributed by atoms with Crippen molar-refractivity contribution in [2.24, 2.45) is 0 Å². The molecule has 1 amide bonds. The van der Waals surface area contributed by atoms with Gasteiger partial charge in [0.2, 0.25) is 0 Å². The lowest BCUT2D eigenvalue weighted by Crippen LogP contribution is -2.49. The van der Waals surface area contributed by atoms with Crippen molar-refractivity contribution >= 4 is 5.91 Å². The minimum atomic E-state index is -0.0590. The van der Waals surface area contributed by atoms with Gasteiger partial charge in [0, 0.05) is 19.6 Å². The first kappa shape index (κ1) is 17.4. The predicted molar refractivity (Wildman–Crippen MR) is 103 cm³/mol. The summed E-state index contributed by atoms with van der Waals surface area (Å²) in [4.78, 5) is 17.3. The third kappa shape index (κ3) is 3.90. The number of aromatic nitrogens is 3. The molecule has 3 aromatic rings. The molecule has 138 valence electrons. The average molecular weight is 361 g/mol. The van der Waals surface area contributed by atoms with Crippen LogP contribution in [0.3, 0.4) is 0 Å². The first-order valence-corrected chi connectivity index (χ1v) is 9.19. The highest BCUT2D eigenvalue weighted by atomic mass is 16.2. The molecular formula is C21H23N5O. The minimum Gasteiger partial charge on any atom is -0.328 e. The Kier molecular flexibility index (Phi) is 4.98. The molecule has 2 heterocycles. The second kappa shape index (κ2) is 7.72. The average Bonchev–Trinajstić information content (AvgIpc) is 3.17. The fourth-order valence-corrected chi connectivity index (χ4v) is 3.51. The lowest BCUT2D eigenvalue weighted by molar-refractivity contribution is 0.0492. The molecule has 0 unspecified atom stereocenters. The lowest BCUT2D eigenvalue weighted by atomic mass is 10.0. The number of benzene rings is 2. The summed E-state index contributed by atoms with van der Waals surface area (Å²) in [6.45, 7) is 2.95. The maximum atomic E-state index is 13.1. The van der Waals surface area contributed by atoms with Crippen LogP contribution in [0.1, 0.15) is 27.7 Å². The number of carbonyl (C=O) groups excluding carboxylic acids is 1. The molecule has 1 atom stereocenters. The number of rotatable bonds is 4. The third-order valence-electron chi connectivity index (χ3n) is 4.97. The Labute approximate surface area is 159 Å². The quantitative estimate of drug-likeness (QED) is 0.716. The fraction of sp³-hybridized carbons (Fsp3) is 0.286. The van der Waals surface area contributed by atoms with E-state index in [0.29, 0.717) is 18.8 Å². The van der Waals surface area contributed by atoms with Gasteiger partial charge in [0.25, 0.3) is 5.91 Å². The Morgan fingerprint density at radius 3 is 2.48 bits per heavy atom. The van der Waals surface area contributed by atoms with Crippen molar-refractivity contribution in [3.05, 3.63) is 83.7 Å². The van der Waals surface area contributed by atoms with Gasteiger partial charge >= 0.3 is 0 Å². The van der Waals surface area contributed by atoms with Crippen LogP contribution >= 0.6 is 0 Å². The molecule has 1 aliphatic heterocycles. The number of likely N-dealkylation sites (N-methyl/N-ethyl adjacent to an activating group) is 1. The molecular weight excluding hydrogens is 338 g/mol. The topological polar surface area (TPSA) is 54.3 Å². The Balaban J connectivity index is 1.54. The van der Waals surface area contributed by atoms with E-state index in [-0.39, 0.29) is 11.9 Å². The number of carbonyl (C=O) groups is 1. The summed E-state index contributed by atoms with van der Waals surface area (Å²) < 4.78 is 1.72. The second-order valence-corrected chi connectivity index (χ2v) is 6.97. The van der Waals surface area contributed by atoms with Gasteiger partial charge in [0.1, 0.15) is 0 Å². The molecule has 1 aliphatic rings. The summed E-state index contributed by atoms with van der Waals surface area (Å²) in [5.41, 5.74) is 2.67. The molecule has 0 bridgehead atoms. The maximum absolute atomic E-state index is 13.1. The van der Waals surface area contributed by atoms with Crippen molar-refractivity contribution in [3.63, 3.8) is 0 Å². The largest absolute Gasteiger partial charge is 0.328 e. The van der Waals surface area contributed by atoms with Gasteiger partial charge in [-0.2, -0.15) is 0 Å². The van der Waals surface area contributed by atoms with E-state index in [1.54, 1.807) is 10.9 Å². The number of hydrogen-bond acceptors (Lipinski definition) is 4. The number of nitrogens with zero attached hydrogens (tertiary/aromatic N) is 5. The van der Waals surface area contributed by atoms with Crippen LogP contribution in [0.15, 0.2) is 66.9 Å². The van der Waals surface area contributed by atoms with Gasteiger partial charge in [0.05, 0.1) is 18.8 Å². The van der Waals surface area contributed by atoms with Gasteiger partial charge in [-0.1, -0.05) is 65.9 Å². The van der Waals surface area contributed by atoms with Gasteiger partial charge in [-0.15, -0.1) is 5.10 Å². The molecule has 0 radical (unpaired) electrons. The predicted octanol–water partition coefficient (Wildman–Crippen LogP) is 2.46. The number of amides is 1. The summed E-state index contributed by atoms with van der Waals surface area (Å²) in [7, 11) is 2.09. The highest BCUT2D eigenvalue weighted by Crippen LogP contribution is 2.26. The normalized spacial score (nSPS) is 17.8. The number of piperazine rings is 1. The van der Waals surface area contributed by atoms with Crippen LogP contribution in [0.2, 0.25) is 0 Å². The van der Waals surface area contributed by atoms with Crippen molar-refractivity contribution < 1.29 is 4.79 Å².